The fraction of sp³-hybridized carbons (Fsp3) is 0.632. The number of likely N-dealkylation sites (tertiary alicyclic amines) is 2. The highest BCUT2D eigenvalue weighted by Crippen LogP contribution is 2.45. The van der Waals surface area contributed by atoms with Gasteiger partial charge in [0.15, 0.2) is 0 Å². The number of nitriles is 1. The van der Waals surface area contributed by atoms with Crippen LogP contribution in [0.15, 0.2) is 4.34 Å². The Morgan fingerprint density at radius 1 is 1.28 bits per heavy atom. The molecular weight excluding hydrogens is 518 g/mol. The molecule has 3 heterocycles. The lowest BCUT2D eigenvalue weighted by molar-refractivity contribution is -0.141. The number of carbonyl (C=O) groups excluding carboxylic acids is 3. The van der Waals surface area contributed by atoms with Crippen LogP contribution < -0.4 is 10.0 Å². The van der Waals surface area contributed by atoms with Crippen molar-refractivity contribution >= 4 is 50.3 Å². The van der Waals surface area contributed by atoms with Gasteiger partial charge in [0.2, 0.25) is 16.9 Å². The quantitative estimate of drug-likeness (QED) is 0.369. The number of amides is 4. The van der Waals surface area contributed by atoms with E-state index in [0.29, 0.717) is 43.6 Å². The van der Waals surface area contributed by atoms with Crippen molar-refractivity contribution in [3.63, 3.8) is 0 Å². The molecule has 5 atom stereocenters. The summed E-state index contributed by atoms with van der Waals surface area (Å²) in [6.45, 7) is 0.941. The van der Waals surface area contributed by atoms with Crippen LogP contribution in [0.2, 0.25) is 0 Å². The van der Waals surface area contributed by atoms with E-state index in [0.717, 1.165) is 4.90 Å². The molecule has 2 saturated heterocycles. The van der Waals surface area contributed by atoms with Gasteiger partial charge in [0.05, 0.1) is 18.2 Å². The molecule has 3 aliphatic rings. The minimum absolute atomic E-state index is 0.0542. The van der Waals surface area contributed by atoms with E-state index in [1.165, 1.54) is 11.8 Å². The SMILES string of the molecule is CC(=O)Nc1nnc(S(=O)(=O)NC(=O)CO[C@@H]2C[C@H]3C[C@@H]2N(C(=O)O)[C@@H]3C(=O)N2CCC[C@H]2C#N)s1. The molecule has 1 aromatic rings. The zero-order valence-electron chi connectivity index (χ0n) is 19.0. The van der Waals surface area contributed by atoms with Crippen LogP contribution >= 0.6 is 11.3 Å². The molecular formula is C19H23N7O8S2. The third-order valence-corrected chi connectivity index (χ3v) is 8.95. The van der Waals surface area contributed by atoms with Gasteiger partial charge in [0.1, 0.15) is 18.7 Å². The predicted molar refractivity (Wildman–Crippen MR) is 120 cm³/mol. The predicted octanol–water partition coefficient (Wildman–Crippen LogP) is -0.658. The van der Waals surface area contributed by atoms with Gasteiger partial charge in [0.25, 0.3) is 20.3 Å². The van der Waals surface area contributed by atoms with Crippen LogP contribution in [0, 0.1) is 17.2 Å². The van der Waals surface area contributed by atoms with Gasteiger partial charge >= 0.3 is 6.09 Å². The van der Waals surface area contributed by atoms with Crippen molar-refractivity contribution in [2.45, 2.75) is 61.2 Å². The standard InChI is InChI=1S/C19H23N7O8S2/c1-9(27)21-17-22-23-18(35-17)36(32,33)24-14(28)8-34-13-6-10-5-12(13)26(19(30)31)15(10)16(29)25-4-2-3-11(25)7-20/h10-13,15H,2-6,8H2,1H3,(H,24,28)(H,30,31)(H,21,22,27)/t10-,11+,12+,13-,15+/m1/s1. The first-order valence-corrected chi connectivity index (χ1v) is 13.3. The lowest BCUT2D eigenvalue weighted by Crippen LogP contribution is -2.57. The number of nitrogens with one attached hydrogen (secondary N) is 2. The van der Waals surface area contributed by atoms with Crippen LogP contribution in [-0.2, 0) is 29.1 Å². The molecule has 1 saturated carbocycles. The van der Waals surface area contributed by atoms with E-state index >= 15 is 0 Å². The van der Waals surface area contributed by atoms with Gasteiger partial charge < -0.3 is 20.1 Å². The summed E-state index contributed by atoms with van der Waals surface area (Å²) in [6, 6.07) is -0.102. The van der Waals surface area contributed by atoms with E-state index < -0.39 is 69.0 Å². The zero-order chi connectivity index (χ0) is 26.2. The fourth-order valence-electron chi connectivity index (χ4n) is 5.02. The van der Waals surface area contributed by atoms with Crippen LogP contribution in [0.1, 0.15) is 32.6 Å². The van der Waals surface area contributed by atoms with Crippen molar-refractivity contribution in [2.24, 2.45) is 5.92 Å². The molecule has 1 aliphatic carbocycles. The normalized spacial score (nSPS) is 27.1. The second-order valence-corrected chi connectivity index (χ2v) is 11.5. The van der Waals surface area contributed by atoms with Gasteiger partial charge in [-0.15, -0.1) is 10.2 Å². The zero-order valence-corrected chi connectivity index (χ0v) is 20.6. The van der Waals surface area contributed by atoms with Crippen molar-refractivity contribution in [3.8, 4) is 6.07 Å². The lowest BCUT2D eigenvalue weighted by Gasteiger charge is -2.38. The molecule has 1 aromatic heterocycles. The van der Waals surface area contributed by atoms with Crippen molar-refractivity contribution in [1.82, 2.24) is 24.7 Å². The highest BCUT2D eigenvalue weighted by molar-refractivity contribution is 7.92. The number of anilines is 1. The number of aromatic nitrogens is 2. The second kappa shape index (κ2) is 9.95. The van der Waals surface area contributed by atoms with E-state index in [9.17, 15) is 38.0 Å². The Morgan fingerprint density at radius 2 is 2.03 bits per heavy atom. The molecule has 4 amide bonds. The summed E-state index contributed by atoms with van der Waals surface area (Å²) in [5, 5.41) is 28.3. The first-order chi connectivity index (χ1) is 17.0. The van der Waals surface area contributed by atoms with E-state index in [-0.39, 0.29) is 11.0 Å². The molecule has 0 aromatic carbocycles. The molecule has 15 nitrogen and oxygen atoms in total. The first kappa shape index (κ1) is 25.7. The summed E-state index contributed by atoms with van der Waals surface area (Å²) in [6.07, 6.45) is -0.123. The number of carboxylic acid groups (broad SMARTS) is 1. The minimum atomic E-state index is -4.36. The number of fused-ring (bicyclic) bond motifs is 2. The number of carbonyl (C=O) groups is 4. The first-order valence-electron chi connectivity index (χ1n) is 11.0. The van der Waals surface area contributed by atoms with Crippen molar-refractivity contribution in [2.75, 3.05) is 18.5 Å². The van der Waals surface area contributed by atoms with E-state index in [1.54, 1.807) is 4.72 Å². The number of sulfonamides is 1. The summed E-state index contributed by atoms with van der Waals surface area (Å²) in [4.78, 5) is 50.9. The van der Waals surface area contributed by atoms with Crippen LogP contribution in [0.5, 0.6) is 0 Å². The number of nitrogens with zero attached hydrogens (tertiary/aromatic N) is 5. The Labute approximate surface area is 209 Å². The number of hydrogen-bond acceptors (Lipinski definition) is 11. The summed E-state index contributed by atoms with van der Waals surface area (Å²) in [5.41, 5.74) is 0. The molecule has 17 heteroatoms. The van der Waals surface area contributed by atoms with E-state index in [1.807, 2.05) is 0 Å². The van der Waals surface area contributed by atoms with Crippen LogP contribution in [-0.4, -0.2) is 94.7 Å². The maximum atomic E-state index is 13.1. The molecule has 3 N–H and O–H groups in total. The molecule has 4 rings (SSSR count). The average molecular weight is 542 g/mol. The maximum Gasteiger partial charge on any atom is 0.408 e. The van der Waals surface area contributed by atoms with E-state index in [4.69, 9.17) is 4.74 Å². The van der Waals surface area contributed by atoms with Crippen molar-refractivity contribution in [1.29, 1.82) is 5.26 Å². The Morgan fingerprint density at radius 3 is 2.69 bits per heavy atom. The topological polar surface area (TPSA) is 212 Å². The molecule has 2 bridgehead atoms. The molecule has 3 fully saturated rings. The fourth-order valence-corrected chi connectivity index (χ4v) is 6.94. The van der Waals surface area contributed by atoms with E-state index in [2.05, 4.69) is 21.6 Å². The Kier molecular flexibility index (Phi) is 7.11. The molecule has 0 unspecified atom stereocenters. The molecule has 36 heavy (non-hydrogen) atoms. The summed E-state index contributed by atoms with van der Waals surface area (Å²) in [5.74, 6) is -2.21. The minimum Gasteiger partial charge on any atom is -0.465 e. The van der Waals surface area contributed by atoms with Crippen molar-refractivity contribution in [3.05, 3.63) is 0 Å². The third-order valence-electron chi connectivity index (χ3n) is 6.37. The highest BCUT2D eigenvalue weighted by Gasteiger charge is 2.58. The summed E-state index contributed by atoms with van der Waals surface area (Å²) >= 11 is 0.556. The largest absolute Gasteiger partial charge is 0.465 e. The summed E-state index contributed by atoms with van der Waals surface area (Å²) in [7, 11) is -4.36. The molecule has 2 aliphatic heterocycles. The number of ether oxygens (including phenoxy) is 1. The highest BCUT2D eigenvalue weighted by atomic mass is 32.2. The summed E-state index contributed by atoms with van der Waals surface area (Å²) < 4.78 is 31.6. The molecule has 194 valence electrons. The average Bonchev–Trinajstić information content (AvgIpc) is 3.59. The number of piperidine rings is 1. The van der Waals surface area contributed by atoms with Crippen LogP contribution in [0.25, 0.3) is 0 Å². The Balaban J connectivity index is 1.36. The molecule has 0 radical (unpaired) electrons. The van der Waals surface area contributed by atoms with Gasteiger partial charge in [-0.1, -0.05) is 11.3 Å². The van der Waals surface area contributed by atoms with Gasteiger partial charge in [-0.25, -0.2) is 9.52 Å². The van der Waals surface area contributed by atoms with Gasteiger partial charge in [-0.05, 0) is 31.6 Å². The molecule has 0 spiro atoms. The van der Waals surface area contributed by atoms with Gasteiger partial charge in [0, 0.05) is 13.5 Å². The smallest absolute Gasteiger partial charge is 0.408 e. The maximum absolute atomic E-state index is 13.1. The Hall–Kier alpha value is -3.36. The van der Waals surface area contributed by atoms with Gasteiger partial charge in [-0.3, -0.25) is 19.3 Å². The Bertz CT molecular complexity index is 1230. The number of rotatable bonds is 7. The van der Waals surface area contributed by atoms with Crippen LogP contribution in [0.4, 0.5) is 9.93 Å². The monoisotopic (exact) mass is 541 g/mol. The van der Waals surface area contributed by atoms with Gasteiger partial charge in [-0.2, -0.15) is 13.7 Å². The van der Waals surface area contributed by atoms with Crippen LogP contribution in [0.3, 0.4) is 0 Å². The third kappa shape index (κ3) is 4.96. The number of hydrogen-bond donors (Lipinski definition) is 3. The second-order valence-electron chi connectivity index (χ2n) is 8.68. The van der Waals surface area contributed by atoms with Crippen molar-refractivity contribution < 1.29 is 37.4 Å². The lowest BCUT2D eigenvalue weighted by atomic mass is 9.96.